The van der Waals surface area contributed by atoms with Crippen molar-refractivity contribution in [1.82, 2.24) is 0 Å². The monoisotopic (exact) mass is 612 g/mol. The molecule has 1 aromatic rings. The van der Waals surface area contributed by atoms with Gasteiger partial charge >= 0.3 is 0 Å². The Labute approximate surface area is 267 Å². The second-order valence-electron chi connectivity index (χ2n) is 16.5. The Bertz CT molecular complexity index is 956. The van der Waals surface area contributed by atoms with Crippen molar-refractivity contribution in [2.75, 3.05) is 0 Å². The molecule has 0 spiro atoms. The molecule has 0 heterocycles. The van der Waals surface area contributed by atoms with E-state index in [-0.39, 0.29) is 30.5 Å². The normalized spacial score (nSPS) is 39.7. The van der Waals surface area contributed by atoms with E-state index in [1.165, 1.54) is 64.2 Å². The van der Waals surface area contributed by atoms with E-state index < -0.39 is 0 Å². The van der Waals surface area contributed by atoms with Gasteiger partial charge in [0, 0.05) is 0 Å². The molecule has 0 saturated heterocycles. The minimum absolute atomic E-state index is 0.0542. The van der Waals surface area contributed by atoms with Gasteiger partial charge in [-0.15, -0.1) is 0 Å². The maximum absolute atomic E-state index is 10.2. The minimum atomic E-state index is -0.385. The highest BCUT2D eigenvalue weighted by Gasteiger charge is 2.50. The third kappa shape index (κ3) is 7.59. The van der Waals surface area contributed by atoms with Gasteiger partial charge in [0.1, 0.15) is 0 Å². The molecule has 4 fully saturated rings. The third-order valence-electron chi connectivity index (χ3n) is 14.0. The lowest BCUT2D eigenvalue weighted by molar-refractivity contribution is -0.0718. The Balaban J connectivity index is 0.000000266. The van der Waals surface area contributed by atoms with Crippen LogP contribution in [-0.2, 0) is 0 Å². The second-order valence-corrected chi connectivity index (χ2v) is 16.5. The lowest BCUT2D eigenvalue weighted by Gasteiger charge is -2.55. The summed E-state index contributed by atoms with van der Waals surface area (Å²) in [6.45, 7) is 7.70. The number of hydrogen-bond donors (Lipinski definition) is 5. The summed E-state index contributed by atoms with van der Waals surface area (Å²) in [6, 6.07) is 7.53. The Hall–Kier alpha value is -0.980. The zero-order valence-electron chi connectivity index (χ0n) is 28.0. The van der Waals surface area contributed by atoms with Gasteiger partial charge in [0.25, 0.3) is 0 Å². The quantitative estimate of drug-likeness (QED) is 0.232. The average Bonchev–Trinajstić information content (AvgIpc) is 3.04. The number of benzene rings is 1. The number of aliphatic hydroxyl groups excluding tert-OH is 5. The summed E-state index contributed by atoms with van der Waals surface area (Å²) in [5, 5.41) is 49.4. The van der Waals surface area contributed by atoms with E-state index in [4.69, 9.17) is 0 Å². The summed E-state index contributed by atoms with van der Waals surface area (Å²) in [7, 11) is 0. The Kier molecular flexibility index (Phi) is 11.6. The fourth-order valence-corrected chi connectivity index (χ4v) is 10.8. The fourth-order valence-electron chi connectivity index (χ4n) is 10.8. The molecule has 0 amide bonds. The van der Waals surface area contributed by atoms with E-state index in [0.717, 1.165) is 79.2 Å². The first-order chi connectivity index (χ1) is 21.0. The van der Waals surface area contributed by atoms with Crippen LogP contribution in [-0.4, -0.2) is 43.8 Å². The van der Waals surface area contributed by atoms with Crippen molar-refractivity contribution in [1.29, 1.82) is 0 Å². The van der Waals surface area contributed by atoms with Gasteiger partial charge in [-0.2, -0.15) is 0 Å². The summed E-state index contributed by atoms with van der Waals surface area (Å²) in [5.74, 6) is 3.91. The van der Waals surface area contributed by atoms with Gasteiger partial charge in [-0.05, 0) is 167 Å². The lowest BCUT2D eigenvalue weighted by atomic mass is 9.50. The van der Waals surface area contributed by atoms with Crippen molar-refractivity contribution in [2.45, 2.75) is 167 Å². The van der Waals surface area contributed by atoms with Gasteiger partial charge in [0.2, 0.25) is 0 Å². The van der Waals surface area contributed by atoms with Crippen LogP contribution in [0, 0.1) is 40.4 Å². The fraction of sp³-hybridized carbons (Fsp3) is 0.846. The van der Waals surface area contributed by atoms with E-state index in [9.17, 15) is 25.5 Å². The Morgan fingerprint density at radius 3 is 1.02 bits per heavy atom. The molecule has 6 rings (SSSR count). The molecule has 2 unspecified atom stereocenters. The predicted octanol–water partition coefficient (Wildman–Crippen LogP) is 8.03. The van der Waals surface area contributed by atoms with Crippen molar-refractivity contribution in [3.05, 3.63) is 35.4 Å². The summed E-state index contributed by atoms with van der Waals surface area (Å²) in [4.78, 5) is 0. The topological polar surface area (TPSA) is 101 Å². The van der Waals surface area contributed by atoms with E-state index in [0.29, 0.717) is 23.7 Å². The Morgan fingerprint density at radius 1 is 0.409 bits per heavy atom. The molecule has 5 heteroatoms. The van der Waals surface area contributed by atoms with E-state index >= 15 is 0 Å². The summed E-state index contributed by atoms with van der Waals surface area (Å²) in [6.07, 6.45) is 19.0. The van der Waals surface area contributed by atoms with Crippen LogP contribution in [0.4, 0.5) is 0 Å². The Morgan fingerprint density at radius 2 is 0.682 bits per heavy atom. The number of hydrogen-bond acceptors (Lipinski definition) is 5. The van der Waals surface area contributed by atoms with Crippen LogP contribution in [0.25, 0.3) is 0 Å². The molecule has 1 aromatic carbocycles. The number of rotatable bonds is 5. The van der Waals surface area contributed by atoms with Crippen LogP contribution in [0.2, 0.25) is 0 Å². The molecular formula is C39H64O5. The first-order valence-electron chi connectivity index (χ1n) is 18.5. The maximum Gasteiger partial charge on any atom is 0.0794 e. The van der Waals surface area contributed by atoms with E-state index in [2.05, 4.69) is 20.8 Å². The molecule has 0 radical (unpaired) electrons. The van der Waals surface area contributed by atoms with Gasteiger partial charge in [-0.25, -0.2) is 0 Å². The van der Waals surface area contributed by atoms with Crippen molar-refractivity contribution in [2.24, 2.45) is 40.4 Å². The third-order valence-corrected chi connectivity index (χ3v) is 14.0. The molecule has 5 N–H and O–H groups in total. The minimum Gasteiger partial charge on any atom is -0.393 e. The zero-order valence-corrected chi connectivity index (χ0v) is 28.0. The predicted molar refractivity (Wildman–Crippen MR) is 177 cm³/mol. The zero-order chi connectivity index (χ0) is 31.5. The van der Waals surface area contributed by atoms with Crippen molar-refractivity contribution in [3.63, 3.8) is 0 Å². The van der Waals surface area contributed by atoms with Crippen LogP contribution >= 0.6 is 0 Å². The molecule has 0 aliphatic heterocycles. The summed E-state index contributed by atoms with van der Waals surface area (Å²) < 4.78 is 0. The summed E-state index contributed by atoms with van der Waals surface area (Å²) in [5.41, 5.74) is 2.54. The first-order valence-corrected chi connectivity index (χ1v) is 18.5. The first kappa shape index (κ1) is 34.4. The molecule has 2 atom stereocenters. The second kappa shape index (κ2) is 14.8. The molecule has 0 aromatic heterocycles. The molecular weight excluding hydrogens is 548 g/mol. The van der Waals surface area contributed by atoms with Gasteiger partial charge in [0.05, 0.1) is 30.5 Å². The molecule has 250 valence electrons. The molecule has 4 saturated carbocycles. The van der Waals surface area contributed by atoms with E-state index in [1.54, 1.807) is 0 Å². The molecule has 5 aliphatic rings. The SMILES string of the molecule is CC(C)(C1CCC(O)CC1)C1CCC(C(C)(C2CCC(O)CC2)C2CCC(O)CC2)CC1.OC1CCC(O)c2ccccc21. The standard InChI is InChI=1S/C29H52O3.C10H12O2/c1-28(2,21-8-14-25(30)15-9-21)20-4-6-22(7-5-20)29(3,23-10-16-26(31)17-11-23)24-12-18-27(32)19-13-24;11-9-5-6-10(12)8-4-2-1-3-7(8)9/h20-27,30-32H,4-19H2,1-3H3;1-4,9-12H,5-6H2. The van der Waals surface area contributed by atoms with Crippen molar-refractivity contribution >= 4 is 0 Å². The van der Waals surface area contributed by atoms with Crippen LogP contribution in [0.1, 0.15) is 160 Å². The van der Waals surface area contributed by atoms with Crippen LogP contribution in [0.3, 0.4) is 0 Å². The molecule has 5 nitrogen and oxygen atoms in total. The highest BCUT2D eigenvalue weighted by Crippen LogP contribution is 2.59. The molecule has 0 bridgehead atoms. The highest BCUT2D eigenvalue weighted by molar-refractivity contribution is 5.32. The molecule has 44 heavy (non-hydrogen) atoms. The van der Waals surface area contributed by atoms with Crippen molar-refractivity contribution < 1.29 is 25.5 Å². The van der Waals surface area contributed by atoms with Crippen molar-refractivity contribution in [3.8, 4) is 0 Å². The van der Waals surface area contributed by atoms with Crippen LogP contribution in [0.5, 0.6) is 0 Å². The number of aliphatic hydroxyl groups is 5. The van der Waals surface area contributed by atoms with Gasteiger partial charge < -0.3 is 25.5 Å². The van der Waals surface area contributed by atoms with Crippen LogP contribution in [0.15, 0.2) is 24.3 Å². The lowest BCUT2D eigenvalue weighted by Crippen LogP contribution is -2.47. The van der Waals surface area contributed by atoms with Gasteiger partial charge in [-0.1, -0.05) is 45.0 Å². The smallest absolute Gasteiger partial charge is 0.0794 e. The maximum atomic E-state index is 10.2. The van der Waals surface area contributed by atoms with E-state index in [1.807, 2.05) is 24.3 Å². The van der Waals surface area contributed by atoms with Crippen LogP contribution < -0.4 is 0 Å². The molecule has 5 aliphatic carbocycles. The summed E-state index contributed by atoms with van der Waals surface area (Å²) >= 11 is 0. The number of fused-ring (bicyclic) bond motifs is 1. The van der Waals surface area contributed by atoms with Gasteiger partial charge in [-0.3, -0.25) is 0 Å². The average molecular weight is 613 g/mol. The largest absolute Gasteiger partial charge is 0.393 e. The van der Waals surface area contributed by atoms with Gasteiger partial charge in [0.15, 0.2) is 0 Å². The highest BCUT2D eigenvalue weighted by atomic mass is 16.3.